The van der Waals surface area contributed by atoms with Crippen molar-refractivity contribution in [1.82, 2.24) is 0 Å². The second-order valence-electron chi connectivity index (χ2n) is 6.31. The van der Waals surface area contributed by atoms with Crippen LogP contribution in [0.25, 0.3) is 11.0 Å². The molecule has 1 aliphatic heterocycles. The highest BCUT2D eigenvalue weighted by Crippen LogP contribution is 2.44. The van der Waals surface area contributed by atoms with Crippen molar-refractivity contribution >= 4 is 16.9 Å². The van der Waals surface area contributed by atoms with Gasteiger partial charge < -0.3 is 13.9 Å². The Bertz CT molecular complexity index is 1030. The summed E-state index contributed by atoms with van der Waals surface area (Å²) in [4.78, 5) is 25.2. The monoisotopic (exact) mass is 350 g/mol. The van der Waals surface area contributed by atoms with Gasteiger partial charge >= 0.3 is 11.6 Å². The molecule has 3 aromatic rings. The van der Waals surface area contributed by atoms with E-state index in [2.05, 4.69) is 0 Å². The summed E-state index contributed by atoms with van der Waals surface area (Å²) < 4.78 is 16.6. The zero-order chi connectivity index (χ0) is 18.3. The Morgan fingerprint density at radius 1 is 1.12 bits per heavy atom. The van der Waals surface area contributed by atoms with Crippen molar-refractivity contribution in [3.63, 3.8) is 0 Å². The highest BCUT2D eigenvalue weighted by atomic mass is 16.6. The highest BCUT2D eigenvalue weighted by molar-refractivity contribution is 5.88. The molecule has 0 N–H and O–H groups in total. The molecule has 0 saturated heterocycles. The Hall–Kier alpha value is -3.08. The molecule has 0 fully saturated rings. The standard InChI is InChI=1S/C21H18O5/c1-3-24-21(23)19-16(13-10-8-12(2)9-11-13)17-18(26-19)14-6-4-5-7-15(14)25-20(17)22/h4-11,16,19H,3H2,1-2H3/t16-,19-/m0/s1. The Kier molecular flexibility index (Phi) is 3.99. The van der Waals surface area contributed by atoms with Gasteiger partial charge in [0.05, 0.1) is 23.5 Å². The smallest absolute Gasteiger partial charge is 0.348 e. The maximum absolute atomic E-state index is 12.7. The number of rotatable bonds is 3. The predicted octanol–water partition coefficient (Wildman–Crippen LogP) is 3.56. The van der Waals surface area contributed by atoms with Crippen LogP contribution in [-0.2, 0) is 9.53 Å². The van der Waals surface area contributed by atoms with E-state index in [1.165, 1.54) is 0 Å². The van der Waals surface area contributed by atoms with Crippen molar-refractivity contribution in [1.29, 1.82) is 0 Å². The normalized spacial score (nSPS) is 18.4. The largest absolute Gasteiger partial charge is 0.476 e. The van der Waals surface area contributed by atoms with Crippen molar-refractivity contribution in [2.45, 2.75) is 25.9 Å². The number of hydrogen-bond donors (Lipinski definition) is 0. The minimum atomic E-state index is -0.915. The summed E-state index contributed by atoms with van der Waals surface area (Å²) in [7, 11) is 0. The molecule has 0 unspecified atom stereocenters. The van der Waals surface area contributed by atoms with Crippen LogP contribution in [0.1, 0.15) is 29.5 Å². The quantitative estimate of drug-likeness (QED) is 0.534. The minimum Gasteiger partial charge on any atom is -0.476 e. The lowest BCUT2D eigenvalue weighted by Crippen LogP contribution is -2.32. The van der Waals surface area contributed by atoms with Crippen LogP contribution in [0.2, 0.25) is 0 Å². The van der Waals surface area contributed by atoms with Crippen LogP contribution in [-0.4, -0.2) is 18.7 Å². The molecule has 0 spiro atoms. The van der Waals surface area contributed by atoms with Crippen LogP contribution >= 0.6 is 0 Å². The first-order chi connectivity index (χ1) is 12.6. The number of benzene rings is 2. The van der Waals surface area contributed by atoms with Gasteiger partial charge in [-0.15, -0.1) is 0 Å². The fourth-order valence-electron chi connectivity index (χ4n) is 3.40. The van der Waals surface area contributed by atoms with E-state index in [-0.39, 0.29) is 6.61 Å². The Labute approximate surface area is 150 Å². The number of ether oxygens (including phenoxy) is 2. The van der Waals surface area contributed by atoms with Crippen LogP contribution in [0.4, 0.5) is 0 Å². The average molecular weight is 350 g/mol. The van der Waals surface area contributed by atoms with Crippen LogP contribution in [0, 0.1) is 6.92 Å². The lowest BCUT2D eigenvalue weighted by molar-refractivity contribution is -0.151. The van der Waals surface area contributed by atoms with E-state index in [4.69, 9.17) is 13.9 Å². The molecular formula is C21H18O5. The minimum absolute atomic E-state index is 0.241. The van der Waals surface area contributed by atoms with Gasteiger partial charge in [0.15, 0.2) is 0 Å². The van der Waals surface area contributed by atoms with Crippen molar-refractivity contribution in [3.8, 4) is 5.75 Å². The molecule has 132 valence electrons. The molecule has 1 aromatic heterocycles. The van der Waals surface area contributed by atoms with E-state index in [9.17, 15) is 9.59 Å². The number of hydrogen-bond acceptors (Lipinski definition) is 5. The summed E-state index contributed by atoms with van der Waals surface area (Å²) >= 11 is 0. The van der Waals surface area contributed by atoms with Gasteiger partial charge in [0.2, 0.25) is 6.10 Å². The van der Waals surface area contributed by atoms with Crippen molar-refractivity contribution in [2.24, 2.45) is 0 Å². The Morgan fingerprint density at radius 2 is 1.85 bits per heavy atom. The number of carbonyl (C=O) groups is 1. The van der Waals surface area contributed by atoms with Crippen LogP contribution in [0.5, 0.6) is 5.75 Å². The molecule has 0 radical (unpaired) electrons. The lowest BCUT2D eigenvalue weighted by atomic mass is 9.88. The zero-order valence-electron chi connectivity index (χ0n) is 14.5. The lowest BCUT2D eigenvalue weighted by Gasteiger charge is -2.17. The van der Waals surface area contributed by atoms with Gasteiger partial charge in [-0.2, -0.15) is 0 Å². The van der Waals surface area contributed by atoms with E-state index in [0.717, 1.165) is 11.1 Å². The summed E-state index contributed by atoms with van der Waals surface area (Å²) in [5.41, 5.74) is 2.21. The van der Waals surface area contributed by atoms with E-state index in [1.54, 1.807) is 19.1 Å². The maximum atomic E-state index is 12.7. The number of aryl methyl sites for hydroxylation is 1. The average Bonchev–Trinajstić information content (AvgIpc) is 3.04. The second-order valence-corrected chi connectivity index (χ2v) is 6.31. The molecule has 26 heavy (non-hydrogen) atoms. The molecule has 2 heterocycles. The third kappa shape index (κ3) is 2.56. The van der Waals surface area contributed by atoms with Crippen molar-refractivity contribution < 1.29 is 18.7 Å². The topological polar surface area (TPSA) is 65.7 Å². The number of esters is 1. The second kappa shape index (κ2) is 6.33. The summed E-state index contributed by atoms with van der Waals surface area (Å²) in [6, 6.07) is 14.8. The van der Waals surface area contributed by atoms with Crippen molar-refractivity contribution in [3.05, 3.63) is 75.6 Å². The molecule has 0 aliphatic carbocycles. The van der Waals surface area contributed by atoms with E-state index in [0.29, 0.717) is 22.3 Å². The molecule has 5 heteroatoms. The number of para-hydroxylation sites is 1. The van der Waals surface area contributed by atoms with Crippen LogP contribution < -0.4 is 10.4 Å². The molecule has 2 atom stereocenters. The molecule has 4 rings (SSSR count). The molecule has 5 nitrogen and oxygen atoms in total. The first kappa shape index (κ1) is 16.4. The van der Waals surface area contributed by atoms with Gasteiger partial charge in [-0.05, 0) is 31.5 Å². The van der Waals surface area contributed by atoms with Crippen molar-refractivity contribution in [2.75, 3.05) is 6.61 Å². The Morgan fingerprint density at radius 3 is 2.58 bits per heavy atom. The summed E-state index contributed by atoms with van der Waals surface area (Å²) in [5, 5.41) is 0.672. The molecule has 0 bridgehead atoms. The predicted molar refractivity (Wildman–Crippen MR) is 96.6 cm³/mol. The SMILES string of the molecule is CCOC(=O)[C@H]1Oc2c(c(=O)oc3ccccc23)[C@@H]1c1ccc(C)cc1. The number of carbonyl (C=O) groups excluding carboxylic acids is 1. The number of fused-ring (bicyclic) bond motifs is 3. The van der Waals surface area contributed by atoms with Gasteiger partial charge in [0, 0.05) is 0 Å². The fourth-order valence-corrected chi connectivity index (χ4v) is 3.40. The van der Waals surface area contributed by atoms with E-state index < -0.39 is 23.6 Å². The zero-order valence-corrected chi connectivity index (χ0v) is 14.5. The van der Waals surface area contributed by atoms with E-state index in [1.807, 2.05) is 43.3 Å². The Balaban J connectivity index is 1.94. The van der Waals surface area contributed by atoms with Gasteiger partial charge in [0.1, 0.15) is 11.3 Å². The first-order valence-electron chi connectivity index (χ1n) is 8.55. The summed E-state index contributed by atoms with van der Waals surface area (Å²) in [5.74, 6) is -0.649. The van der Waals surface area contributed by atoms with Gasteiger partial charge in [-0.3, -0.25) is 0 Å². The van der Waals surface area contributed by atoms with Gasteiger partial charge in [-0.1, -0.05) is 42.0 Å². The van der Waals surface area contributed by atoms with Gasteiger partial charge in [-0.25, -0.2) is 9.59 Å². The first-order valence-corrected chi connectivity index (χ1v) is 8.55. The third-order valence-corrected chi connectivity index (χ3v) is 4.61. The highest BCUT2D eigenvalue weighted by Gasteiger charge is 2.44. The maximum Gasteiger partial charge on any atom is 0.348 e. The third-order valence-electron chi connectivity index (χ3n) is 4.61. The van der Waals surface area contributed by atoms with Gasteiger partial charge in [0.25, 0.3) is 0 Å². The summed E-state index contributed by atoms with van der Waals surface area (Å²) in [6.45, 7) is 3.96. The molecule has 0 amide bonds. The van der Waals surface area contributed by atoms with Crippen LogP contribution in [0.3, 0.4) is 0 Å². The van der Waals surface area contributed by atoms with E-state index >= 15 is 0 Å². The van der Waals surface area contributed by atoms with Crippen LogP contribution in [0.15, 0.2) is 57.7 Å². The molecule has 0 saturated carbocycles. The fraction of sp³-hybridized carbons (Fsp3) is 0.238. The molecular weight excluding hydrogens is 332 g/mol. The molecule has 2 aromatic carbocycles. The molecule has 1 aliphatic rings. The summed E-state index contributed by atoms with van der Waals surface area (Å²) in [6.07, 6.45) is -0.915.